The van der Waals surface area contributed by atoms with Crippen molar-refractivity contribution >= 4 is 5.78 Å². The van der Waals surface area contributed by atoms with Crippen LogP contribution in [-0.4, -0.2) is 5.78 Å². The zero-order chi connectivity index (χ0) is 20.8. The van der Waals surface area contributed by atoms with E-state index in [1.807, 2.05) is 0 Å². The van der Waals surface area contributed by atoms with Crippen molar-refractivity contribution in [3.8, 4) is 0 Å². The van der Waals surface area contributed by atoms with E-state index >= 15 is 0 Å². The molecule has 1 nitrogen and oxygen atoms in total. The topological polar surface area (TPSA) is 17.1 Å². The summed E-state index contributed by atoms with van der Waals surface area (Å²) in [5.74, 6) is 5.78. The van der Waals surface area contributed by atoms with E-state index in [1.54, 1.807) is 0 Å². The van der Waals surface area contributed by atoms with Crippen molar-refractivity contribution in [2.45, 2.75) is 112 Å². The number of hydrogen-bond acceptors (Lipinski definition) is 1. The number of allylic oxidation sites excluding steroid dienone is 2. The first kappa shape index (κ1) is 21.6. The quantitative estimate of drug-likeness (QED) is 0.458. The Morgan fingerprint density at radius 1 is 0.966 bits per heavy atom. The first-order valence-corrected chi connectivity index (χ1v) is 13.0. The number of ketones is 1. The molecular weight excluding hydrogens is 352 g/mol. The predicted octanol–water partition coefficient (Wildman–Crippen LogP) is 7.99. The first-order valence-electron chi connectivity index (χ1n) is 13.0. The van der Waals surface area contributed by atoms with Crippen molar-refractivity contribution in [2.24, 2.45) is 46.3 Å². The zero-order valence-electron chi connectivity index (χ0n) is 19.9. The summed E-state index contributed by atoms with van der Waals surface area (Å²) < 4.78 is 0. The molecule has 0 amide bonds. The molecule has 164 valence electrons. The van der Waals surface area contributed by atoms with E-state index in [0.717, 1.165) is 48.3 Å². The van der Waals surface area contributed by atoms with Gasteiger partial charge in [0.2, 0.25) is 0 Å². The van der Waals surface area contributed by atoms with Gasteiger partial charge in [-0.15, -0.1) is 0 Å². The Hall–Kier alpha value is -0.590. The Kier molecular flexibility index (Phi) is 6.09. The van der Waals surface area contributed by atoms with Crippen molar-refractivity contribution < 1.29 is 4.79 Å². The third-order valence-corrected chi connectivity index (χ3v) is 10.4. The monoisotopic (exact) mass is 398 g/mol. The standard InChI is InChI=1S/C28H46O/c1-19(2)8-6-9-20(3)24-13-14-25-23-12-11-21-18-22(29)10-7-16-27(21,4)26(23)15-17-28(24,25)5/h18-20,23-26H,6-17H2,1-5H3/t20-,23?,24-,25?,26?,27+,28-/m1/s1. The van der Waals surface area contributed by atoms with Crippen LogP contribution in [0.3, 0.4) is 0 Å². The fourth-order valence-corrected chi connectivity index (χ4v) is 8.83. The fraction of sp³-hybridized carbons (Fsp3) is 0.893. The average molecular weight is 399 g/mol. The molecule has 0 saturated heterocycles. The summed E-state index contributed by atoms with van der Waals surface area (Å²) in [6.45, 7) is 12.5. The fourth-order valence-electron chi connectivity index (χ4n) is 8.83. The van der Waals surface area contributed by atoms with Crippen LogP contribution < -0.4 is 0 Å². The van der Waals surface area contributed by atoms with Crippen LogP contribution in [0.5, 0.6) is 0 Å². The van der Waals surface area contributed by atoms with Gasteiger partial charge in [-0.05, 0) is 104 Å². The minimum Gasteiger partial charge on any atom is -0.295 e. The second-order valence-electron chi connectivity index (χ2n) is 12.4. The molecule has 0 aromatic heterocycles. The summed E-state index contributed by atoms with van der Waals surface area (Å²) in [6.07, 6.45) is 17.8. The molecule has 0 radical (unpaired) electrons. The molecule has 0 aliphatic heterocycles. The highest BCUT2D eigenvalue weighted by Crippen LogP contribution is 2.67. The molecule has 4 rings (SSSR count). The number of carbonyl (C=O) groups is 1. The van der Waals surface area contributed by atoms with Gasteiger partial charge in [0.15, 0.2) is 5.78 Å². The highest BCUT2D eigenvalue weighted by atomic mass is 16.1. The van der Waals surface area contributed by atoms with E-state index < -0.39 is 0 Å². The third kappa shape index (κ3) is 3.78. The van der Waals surface area contributed by atoms with Crippen LogP contribution in [0.2, 0.25) is 0 Å². The number of carbonyl (C=O) groups excluding carboxylic acids is 1. The van der Waals surface area contributed by atoms with Crippen LogP contribution in [0.15, 0.2) is 11.6 Å². The average Bonchev–Trinajstić information content (AvgIpc) is 2.92. The van der Waals surface area contributed by atoms with Crippen LogP contribution in [0, 0.1) is 46.3 Å². The minimum absolute atomic E-state index is 0.317. The lowest BCUT2D eigenvalue weighted by atomic mass is 9.47. The second-order valence-corrected chi connectivity index (χ2v) is 12.4. The molecule has 29 heavy (non-hydrogen) atoms. The van der Waals surface area contributed by atoms with Crippen molar-refractivity contribution in [3.05, 3.63) is 11.6 Å². The molecule has 4 aliphatic rings. The smallest absolute Gasteiger partial charge is 0.155 e. The summed E-state index contributed by atoms with van der Waals surface area (Å²) >= 11 is 0. The van der Waals surface area contributed by atoms with Gasteiger partial charge in [-0.2, -0.15) is 0 Å². The van der Waals surface area contributed by atoms with Gasteiger partial charge in [0.25, 0.3) is 0 Å². The van der Waals surface area contributed by atoms with Crippen LogP contribution >= 0.6 is 0 Å². The van der Waals surface area contributed by atoms with E-state index in [2.05, 4.69) is 40.7 Å². The van der Waals surface area contributed by atoms with Gasteiger partial charge in [-0.25, -0.2) is 0 Å². The maximum absolute atomic E-state index is 12.2. The van der Waals surface area contributed by atoms with Gasteiger partial charge >= 0.3 is 0 Å². The maximum Gasteiger partial charge on any atom is 0.155 e. The molecule has 3 fully saturated rings. The minimum atomic E-state index is 0.317. The maximum atomic E-state index is 12.2. The van der Waals surface area contributed by atoms with Gasteiger partial charge in [0, 0.05) is 6.42 Å². The summed E-state index contributed by atoms with van der Waals surface area (Å²) in [6, 6.07) is 0. The molecule has 3 unspecified atom stereocenters. The SMILES string of the molecule is CC(C)CCC[C@@H](C)[C@H]1CCC2C3CCC4=CC(=O)CCC[C@]4(C)C3CC[C@@]21C. The Bertz CT molecular complexity index is 645. The number of hydrogen-bond donors (Lipinski definition) is 0. The van der Waals surface area contributed by atoms with Crippen LogP contribution in [0.1, 0.15) is 112 Å². The Labute approximate surface area is 180 Å². The summed E-state index contributed by atoms with van der Waals surface area (Å²) in [7, 11) is 0. The van der Waals surface area contributed by atoms with E-state index in [9.17, 15) is 4.79 Å². The van der Waals surface area contributed by atoms with Gasteiger partial charge in [0.05, 0.1) is 0 Å². The van der Waals surface area contributed by atoms with E-state index in [-0.39, 0.29) is 0 Å². The van der Waals surface area contributed by atoms with Crippen molar-refractivity contribution in [3.63, 3.8) is 0 Å². The molecule has 0 heterocycles. The Morgan fingerprint density at radius 2 is 1.76 bits per heavy atom. The van der Waals surface area contributed by atoms with Crippen molar-refractivity contribution in [2.75, 3.05) is 0 Å². The van der Waals surface area contributed by atoms with Crippen LogP contribution in [-0.2, 0) is 4.79 Å². The van der Waals surface area contributed by atoms with Crippen molar-refractivity contribution in [1.82, 2.24) is 0 Å². The Morgan fingerprint density at radius 3 is 2.52 bits per heavy atom. The van der Waals surface area contributed by atoms with Crippen molar-refractivity contribution in [1.29, 1.82) is 0 Å². The molecular formula is C28H46O. The molecule has 7 atom stereocenters. The third-order valence-electron chi connectivity index (χ3n) is 10.4. The molecule has 0 bridgehead atoms. The summed E-state index contributed by atoms with van der Waals surface area (Å²) in [5.41, 5.74) is 2.43. The van der Waals surface area contributed by atoms with Gasteiger partial charge in [0.1, 0.15) is 0 Å². The van der Waals surface area contributed by atoms with Gasteiger partial charge < -0.3 is 0 Å². The zero-order valence-corrected chi connectivity index (χ0v) is 19.9. The molecule has 0 spiro atoms. The van der Waals surface area contributed by atoms with Gasteiger partial charge in [-0.1, -0.05) is 59.5 Å². The highest BCUT2D eigenvalue weighted by Gasteiger charge is 2.59. The lowest BCUT2D eigenvalue weighted by Crippen LogP contribution is -2.50. The van der Waals surface area contributed by atoms with E-state index in [1.165, 1.54) is 69.8 Å². The summed E-state index contributed by atoms with van der Waals surface area (Å²) in [5, 5.41) is 0. The van der Waals surface area contributed by atoms with E-state index in [4.69, 9.17) is 0 Å². The molecule has 1 heteroatoms. The van der Waals surface area contributed by atoms with Crippen LogP contribution in [0.25, 0.3) is 0 Å². The van der Waals surface area contributed by atoms with Crippen LogP contribution in [0.4, 0.5) is 0 Å². The van der Waals surface area contributed by atoms with E-state index in [0.29, 0.717) is 16.6 Å². The van der Waals surface area contributed by atoms with Gasteiger partial charge in [-0.3, -0.25) is 4.79 Å². The lowest BCUT2D eigenvalue weighted by Gasteiger charge is -2.58. The molecule has 4 aliphatic carbocycles. The first-order chi connectivity index (χ1) is 13.8. The molecule has 0 aromatic rings. The number of rotatable bonds is 5. The predicted molar refractivity (Wildman–Crippen MR) is 123 cm³/mol. The molecule has 3 saturated carbocycles. The normalized spacial score (nSPS) is 43.2. The summed E-state index contributed by atoms with van der Waals surface area (Å²) in [4.78, 5) is 12.2. The molecule has 0 aromatic carbocycles. The molecule has 0 N–H and O–H groups in total. The largest absolute Gasteiger partial charge is 0.295 e. The number of fused-ring (bicyclic) bond motifs is 5. The lowest BCUT2D eigenvalue weighted by molar-refractivity contribution is -0.114. The highest BCUT2D eigenvalue weighted by molar-refractivity contribution is 5.90. The second kappa shape index (κ2) is 8.16. The Balaban J connectivity index is 1.50.